The zero-order valence-electron chi connectivity index (χ0n) is 16.5. The van der Waals surface area contributed by atoms with Gasteiger partial charge < -0.3 is 14.2 Å². The third-order valence-electron chi connectivity index (χ3n) is 6.85. The summed E-state index contributed by atoms with van der Waals surface area (Å²) in [5.74, 6) is 0.284. The number of fused-ring (bicyclic) bond motifs is 2. The van der Waals surface area contributed by atoms with E-state index in [-0.39, 0.29) is 42.8 Å². The number of carbonyl (C=O) groups excluding carboxylic acids is 2. The molecule has 3 saturated carbocycles. The molecule has 26 heavy (non-hydrogen) atoms. The molecular weight excluding hydrogens is 332 g/mol. The third-order valence-corrected chi connectivity index (χ3v) is 6.85. The minimum atomic E-state index is -0.434. The lowest BCUT2D eigenvalue weighted by Crippen LogP contribution is -2.35. The molecule has 0 aromatic heterocycles. The van der Waals surface area contributed by atoms with E-state index in [4.69, 9.17) is 14.2 Å². The van der Waals surface area contributed by atoms with Crippen molar-refractivity contribution in [2.24, 2.45) is 23.2 Å². The number of ether oxygens (including phenoxy) is 3. The average molecular weight is 366 g/mol. The van der Waals surface area contributed by atoms with E-state index in [1.807, 2.05) is 20.8 Å². The van der Waals surface area contributed by atoms with Gasteiger partial charge in [-0.2, -0.15) is 0 Å². The van der Waals surface area contributed by atoms with Crippen LogP contribution in [0, 0.1) is 23.2 Å². The van der Waals surface area contributed by atoms with Crippen LogP contribution < -0.4 is 0 Å². The molecule has 0 aromatic carbocycles. The maximum atomic E-state index is 12.4. The van der Waals surface area contributed by atoms with Gasteiger partial charge in [0.2, 0.25) is 0 Å². The van der Waals surface area contributed by atoms with Crippen molar-refractivity contribution in [1.29, 1.82) is 0 Å². The standard InChI is InChI=1S/C21H34O5/c1-4-21(2,3)20(23)26-18-12-14-10-15(18)11-17(14)19(22)25-13-24-16-8-6-5-7-9-16/h14-18H,4-13H2,1-3H3. The zero-order valence-corrected chi connectivity index (χ0v) is 16.5. The summed E-state index contributed by atoms with van der Waals surface area (Å²) >= 11 is 0. The van der Waals surface area contributed by atoms with Crippen molar-refractivity contribution in [3.05, 3.63) is 0 Å². The summed E-state index contributed by atoms with van der Waals surface area (Å²) in [6.07, 6.45) is 9.38. The molecule has 0 N–H and O–H groups in total. The van der Waals surface area contributed by atoms with E-state index in [2.05, 4.69) is 0 Å². The highest BCUT2D eigenvalue weighted by Gasteiger charge is 2.51. The van der Waals surface area contributed by atoms with Crippen LogP contribution in [0.4, 0.5) is 0 Å². The molecule has 5 heteroatoms. The second-order valence-electron chi connectivity index (χ2n) is 9.02. The maximum absolute atomic E-state index is 12.4. The van der Waals surface area contributed by atoms with Crippen LogP contribution in [0.5, 0.6) is 0 Å². The van der Waals surface area contributed by atoms with E-state index >= 15 is 0 Å². The van der Waals surface area contributed by atoms with Crippen molar-refractivity contribution in [2.75, 3.05) is 6.79 Å². The molecule has 3 fully saturated rings. The molecule has 0 aliphatic heterocycles. The summed E-state index contributed by atoms with van der Waals surface area (Å²) in [5.41, 5.74) is -0.434. The van der Waals surface area contributed by atoms with Crippen LogP contribution in [0.3, 0.4) is 0 Å². The van der Waals surface area contributed by atoms with Gasteiger partial charge in [0.25, 0.3) is 0 Å². The molecule has 3 rings (SSSR count). The van der Waals surface area contributed by atoms with Crippen molar-refractivity contribution in [2.45, 2.75) is 90.8 Å². The topological polar surface area (TPSA) is 61.8 Å². The molecule has 0 heterocycles. The summed E-state index contributed by atoms with van der Waals surface area (Å²) < 4.78 is 16.9. The Labute approximate surface area is 157 Å². The van der Waals surface area contributed by atoms with Gasteiger partial charge in [-0.15, -0.1) is 0 Å². The molecule has 2 bridgehead atoms. The van der Waals surface area contributed by atoms with Crippen LogP contribution in [0.25, 0.3) is 0 Å². The Balaban J connectivity index is 1.40. The van der Waals surface area contributed by atoms with Crippen LogP contribution in [0.15, 0.2) is 0 Å². The first-order valence-electron chi connectivity index (χ1n) is 10.4. The van der Waals surface area contributed by atoms with Crippen molar-refractivity contribution in [3.63, 3.8) is 0 Å². The van der Waals surface area contributed by atoms with Gasteiger partial charge in [-0.25, -0.2) is 0 Å². The van der Waals surface area contributed by atoms with Crippen molar-refractivity contribution >= 4 is 11.9 Å². The number of rotatable bonds is 7. The average Bonchev–Trinajstić information content (AvgIpc) is 3.22. The van der Waals surface area contributed by atoms with E-state index in [1.165, 1.54) is 19.3 Å². The van der Waals surface area contributed by atoms with E-state index in [0.29, 0.717) is 5.92 Å². The van der Waals surface area contributed by atoms with Crippen LogP contribution >= 0.6 is 0 Å². The van der Waals surface area contributed by atoms with Gasteiger partial charge in [-0.05, 0) is 64.2 Å². The number of hydrogen-bond donors (Lipinski definition) is 0. The molecule has 3 aliphatic rings. The van der Waals surface area contributed by atoms with E-state index in [1.54, 1.807) is 0 Å². The lowest BCUT2D eigenvalue weighted by Gasteiger charge is -2.30. The van der Waals surface area contributed by atoms with Crippen molar-refractivity contribution in [3.8, 4) is 0 Å². The molecule has 4 atom stereocenters. The molecule has 0 radical (unpaired) electrons. The Morgan fingerprint density at radius 3 is 2.35 bits per heavy atom. The normalized spacial score (nSPS) is 31.8. The fraction of sp³-hybridized carbons (Fsp3) is 0.905. The van der Waals surface area contributed by atoms with Crippen molar-refractivity contribution in [1.82, 2.24) is 0 Å². The van der Waals surface area contributed by atoms with Crippen molar-refractivity contribution < 1.29 is 23.8 Å². The summed E-state index contributed by atoms with van der Waals surface area (Å²) in [7, 11) is 0. The second-order valence-corrected chi connectivity index (χ2v) is 9.02. The summed E-state index contributed by atoms with van der Waals surface area (Å²) in [5, 5.41) is 0. The van der Waals surface area contributed by atoms with Crippen LogP contribution in [0.2, 0.25) is 0 Å². The quantitative estimate of drug-likeness (QED) is 0.498. The molecule has 3 aliphatic carbocycles. The molecule has 0 amide bonds. The highest BCUT2D eigenvalue weighted by Crippen LogP contribution is 2.50. The largest absolute Gasteiger partial charge is 0.462 e. The first-order valence-corrected chi connectivity index (χ1v) is 10.4. The van der Waals surface area contributed by atoms with Gasteiger partial charge >= 0.3 is 11.9 Å². The Morgan fingerprint density at radius 2 is 1.73 bits per heavy atom. The molecule has 0 aromatic rings. The highest BCUT2D eigenvalue weighted by atomic mass is 16.7. The lowest BCUT2D eigenvalue weighted by molar-refractivity contribution is -0.171. The first-order chi connectivity index (χ1) is 12.4. The van der Waals surface area contributed by atoms with E-state index in [0.717, 1.165) is 38.5 Å². The summed E-state index contributed by atoms with van der Waals surface area (Å²) in [6, 6.07) is 0. The van der Waals surface area contributed by atoms with Gasteiger partial charge in [0.1, 0.15) is 6.10 Å². The second kappa shape index (κ2) is 8.28. The fourth-order valence-electron chi connectivity index (χ4n) is 4.62. The maximum Gasteiger partial charge on any atom is 0.311 e. The molecule has 5 nitrogen and oxygen atoms in total. The number of hydrogen-bond acceptors (Lipinski definition) is 5. The van der Waals surface area contributed by atoms with Gasteiger partial charge in [-0.1, -0.05) is 26.2 Å². The van der Waals surface area contributed by atoms with Crippen LogP contribution in [-0.2, 0) is 23.8 Å². The molecular formula is C21H34O5. The predicted octanol–water partition coefficient (Wildman–Crippen LogP) is 4.23. The minimum absolute atomic E-state index is 0.0270. The zero-order chi connectivity index (χ0) is 18.7. The smallest absolute Gasteiger partial charge is 0.311 e. The predicted molar refractivity (Wildman–Crippen MR) is 97.2 cm³/mol. The van der Waals surface area contributed by atoms with Crippen LogP contribution in [-0.4, -0.2) is 30.9 Å². The Hall–Kier alpha value is -1.10. The molecule has 0 saturated heterocycles. The molecule has 148 valence electrons. The van der Waals surface area contributed by atoms with E-state index < -0.39 is 5.41 Å². The van der Waals surface area contributed by atoms with Crippen LogP contribution in [0.1, 0.15) is 78.6 Å². The first kappa shape index (κ1) is 19.7. The minimum Gasteiger partial charge on any atom is -0.462 e. The van der Waals surface area contributed by atoms with Gasteiger partial charge in [0.05, 0.1) is 17.4 Å². The molecule has 0 spiro atoms. The number of esters is 2. The Morgan fingerprint density at radius 1 is 1.00 bits per heavy atom. The highest BCUT2D eigenvalue weighted by molar-refractivity contribution is 5.76. The molecule has 4 unspecified atom stereocenters. The van der Waals surface area contributed by atoms with Gasteiger partial charge in [0.15, 0.2) is 6.79 Å². The Kier molecular flexibility index (Phi) is 6.26. The van der Waals surface area contributed by atoms with Gasteiger partial charge in [-0.3, -0.25) is 9.59 Å². The SMILES string of the molecule is CCC(C)(C)C(=O)OC1CC2CC1CC2C(=O)OCOC1CCCCC1. The lowest BCUT2D eigenvalue weighted by atomic mass is 9.86. The Bertz CT molecular complexity index is 509. The monoisotopic (exact) mass is 366 g/mol. The van der Waals surface area contributed by atoms with Gasteiger partial charge in [0, 0.05) is 0 Å². The number of carbonyl (C=O) groups is 2. The summed E-state index contributed by atoms with van der Waals surface area (Å²) in [6.45, 7) is 5.94. The third kappa shape index (κ3) is 4.41. The van der Waals surface area contributed by atoms with E-state index in [9.17, 15) is 9.59 Å². The summed E-state index contributed by atoms with van der Waals surface area (Å²) in [4.78, 5) is 24.7. The fourth-order valence-corrected chi connectivity index (χ4v) is 4.62.